The number of ether oxygens (including phenoxy) is 1. The van der Waals surface area contributed by atoms with Crippen molar-refractivity contribution in [3.05, 3.63) is 123 Å². The van der Waals surface area contributed by atoms with Crippen molar-refractivity contribution >= 4 is 47.8 Å². The molecule has 5 rings (SSSR count). The van der Waals surface area contributed by atoms with E-state index < -0.39 is 20.0 Å². The van der Waals surface area contributed by atoms with Crippen molar-refractivity contribution in [1.29, 1.82) is 0 Å². The molecule has 0 saturated carbocycles. The van der Waals surface area contributed by atoms with Crippen LogP contribution in [0.4, 0.5) is 5.69 Å². The Bertz CT molecular complexity index is 1810. The normalized spacial score (nSPS) is 13.7. The zero-order valence-electron chi connectivity index (χ0n) is 24.9. The number of aromatic carboxylic acids is 1. The molecule has 0 saturated heterocycles. The number of benzene rings is 4. The number of hydrogen-bond acceptors (Lipinski definition) is 5. The van der Waals surface area contributed by atoms with Gasteiger partial charge in [-0.3, -0.25) is 0 Å². The van der Waals surface area contributed by atoms with Gasteiger partial charge in [0.2, 0.25) is 0 Å². The number of hydrogen-bond donors (Lipinski definition) is 1. The minimum absolute atomic E-state index is 0.0380. The van der Waals surface area contributed by atoms with Gasteiger partial charge in [0.25, 0.3) is 0 Å². The van der Waals surface area contributed by atoms with Crippen LogP contribution in [0.5, 0.6) is 0 Å². The summed E-state index contributed by atoms with van der Waals surface area (Å²) in [4.78, 5) is 30.3. The number of rotatable bonds is 7. The second kappa shape index (κ2) is 11.3. The molecule has 0 amide bonds. The molecule has 0 aliphatic carbocycles. The fourth-order valence-corrected chi connectivity index (χ4v) is 8.85. The molecule has 0 radical (unpaired) electrons. The Labute approximate surface area is 247 Å². The van der Waals surface area contributed by atoms with Gasteiger partial charge < -0.3 is 19.6 Å². The average molecular weight is 577 g/mol. The van der Waals surface area contributed by atoms with E-state index in [1.807, 2.05) is 63.4 Å². The van der Waals surface area contributed by atoms with Crippen LogP contribution in [0.15, 0.2) is 84.9 Å². The molecule has 1 heterocycles. The van der Waals surface area contributed by atoms with Gasteiger partial charge in [0.05, 0.1) is 11.1 Å². The van der Waals surface area contributed by atoms with Crippen LogP contribution >= 0.6 is 0 Å². The lowest BCUT2D eigenvalue weighted by Crippen LogP contribution is -2.63. The van der Waals surface area contributed by atoms with E-state index in [0.29, 0.717) is 5.56 Å². The number of carboxylic acid groups (broad SMARTS) is 1. The Morgan fingerprint density at radius 2 is 1.57 bits per heavy atom. The third kappa shape index (κ3) is 5.35. The number of anilines is 1. The van der Waals surface area contributed by atoms with Gasteiger partial charge in [0.15, 0.2) is 0 Å². The molecular formula is C35H36N2O4Si. The standard InChI is InChI=1S/C35H36N2O4Si/c1-36(2)21-24-15-17-26-30(19-24)42(5,6)31-20-25(37(3)4)16-18-27(31)32(26)28-13-10-14-29(33(28)34(38)39)35(40)41-22-23-11-8-7-9-12-23/h7-21H,22H2,1-6H3,(H,38,39)/b24-21+. The van der Waals surface area contributed by atoms with Crippen LogP contribution in [-0.2, 0) is 11.3 Å². The summed E-state index contributed by atoms with van der Waals surface area (Å²) >= 11 is 0. The lowest BCUT2D eigenvalue weighted by Gasteiger charge is -2.34. The fraction of sp³-hybridized carbons (Fsp3) is 0.200. The van der Waals surface area contributed by atoms with Crippen molar-refractivity contribution in [2.75, 3.05) is 33.1 Å². The molecule has 1 N–H and O–H groups in total. The SMILES string of the molecule is CN(C)/C=c1\ccc2c(c1)[Si](C)(C)c1cc(N(C)C)ccc1C=2c1cccc(C(=O)OCc2ccccc2)c1C(=O)O. The van der Waals surface area contributed by atoms with E-state index in [2.05, 4.69) is 60.6 Å². The summed E-state index contributed by atoms with van der Waals surface area (Å²) in [5.41, 5.74) is 4.24. The molecule has 1 aliphatic heterocycles. The lowest BCUT2D eigenvalue weighted by atomic mass is 9.89. The van der Waals surface area contributed by atoms with Gasteiger partial charge in [-0.05, 0) is 61.3 Å². The second-order valence-electron chi connectivity index (χ2n) is 11.6. The molecule has 4 aromatic rings. The predicted octanol–water partition coefficient (Wildman–Crippen LogP) is 3.49. The third-order valence-corrected chi connectivity index (χ3v) is 11.4. The summed E-state index contributed by atoms with van der Waals surface area (Å²) in [5, 5.41) is 15.1. The molecule has 0 bridgehead atoms. The molecular weight excluding hydrogens is 540 g/mol. The Morgan fingerprint density at radius 1 is 0.833 bits per heavy atom. The molecule has 0 aromatic heterocycles. The highest BCUT2D eigenvalue weighted by Gasteiger charge is 2.36. The molecule has 0 spiro atoms. The summed E-state index contributed by atoms with van der Waals surface area (Å²) in [7, 11) is 5.82. The Morgan fingerprint density at radius 3 is 2.24 bits per heavy atom. The number of fused-ring (bicyclic) bond motifs is 2. The van der Waals surface area contributed by atoms with Crippen LogP contribution in [0.1, 0.15) is 37.4 Å². The smallest absolute Gasteiger partial charge is 0.339 e. The van der Waals surface area contributed by atoms with Crippen molar-refractivity contribution in [3.63, 3.8) is 0 Å². The van der Waals surface area contributed by atoms with Crippen molar-refractivity contribution in [2.24, 2.45) is 0 Å². The largest absolute Gasteiger partial charge is 0.478 e. The minimum atomic E-state index is -2.22. The first kappa shape index (κ1) is 28.9. The van der Waals surface area contributed by atoms with E-state index in [4.69, 9.17) is 4.74 Å². The summed E-state index contributed by atoms with van der Waals surface area (Å²) in [6, 6.07) is 27.3. The van der Waals surface area contributed by atoms with Gasteiger partial charge in [-0.2, -0.15) is 0 Å². The van der Waals surface area contributed by atoms with E-state index in [0.717, 1.165) is 32.8 Å². The zero-order chi connectivity index (χ0) is 30.2. The maximum atomic E-state index is 13.3. The van der Waals surface area contributed by atoms with Crippen LogP contribution in [-0.4, -0.2) is 58.2 Å². The van der Waals surface area contributed by atoms with Crippen LogP contribution in [0, 0.1) is 0 Å². The van der Waals surface area contributed by atoms with Gasteiger partial charge in [-0.1, -0.05) is 79.8 Å². The quantitative estimate of drug-likeness (QED) is 0.268. The summed E-state index contributed by atoms with van der Waals surface area (Å²) < 4.78 is 5.60. The number of nitrogens with zero attached hydrogens (tertiary/aromatic N) is 2. The van der Waals surface area contributed by atoms with E-state index in [9.17, 15) is 14.7 Å². The van der Waals surface area contributed by atoms with Crippen LogP contribution in [0.25, 0.3) is 11.8 Å². The number of carbonyl (C=O) groups is 2. The van der Waals surface area contributed by atoms with Crippen molar-refractivity contribution in [3.8, 4) is 0 Å². The zero-order valence-corrected chi connectivity index (χ0v) is 25.9. The van der Waals surface area contributed by atoms with Gasteiger partial charge in [-0.15, -0.1) is 0 Å². The lowest BCUT2D eigenvalue weighted by molar-refractivity contribution is 0.0463. The summed E-state index contributed by atoms with van der Waals surface area (Å²) in [6.07, 6.45) is 2.09. The predicted molar refractivity (Wildman–Crippen MR) is 172 cm³/mol. The summed E-state index contributed by atoms with van der Waals surface area (Å²) in [5.74, 6) is -1.83. The highest BCUT2D eigenvalue weighted by atomic mass is 28.3. The fourth-order valence-electron chi connectivity index (χ4n) is 5.76. The highest BCUT2D eigenvalue weighted by molar-refractivity contribution is 7.01. The van der Waals surface area contributed by atoms with Crippen LogP contribution in [0.3, 0.4) is 0 Å². The minimum Gasteiger partial charge on any atom is -0.478 e. The van der Waals surface area contributed by atoms with Crippen LogP contribution < -0.4 is 25.7 Å². The van der Waals surface area contributed by atoms with Crippen LogP contribution in [0.2, 0.25) is 13.1 Å². The van der Waals surface area contributed by atoms with Crippen molar-refractivity contribution in [1.82, 2.24) is 4.90 Å². The maximum absolute atomic E-state index is 13.3. The molecule has 7 heteroatoms. The van der Waals surface area contributed by atoms with E-state index in [1.165, 1.54) is 16.4 Å². The van der Waals surface area contributed by atoms with E-state index in [-0.39, 0.29) is 17.7 Å². The first-order valence-corrected chi connectivity index (χ1v) is 16.9. The number of carbonyl (C=O) groups excluding carboxylic acids is 1. The Hall–Kier alpha value is -4.62. The van der Waals surface area contributed by atoms with Gasteiger partial charge in [0, 0.05) is 40.1 Å². The maximum Gasteiger partial charge on any atom is 0.339 e. The third-order valence-electron chi connectivity index (χ3n) is 7.84. The Kier molecular flexibility index (Phi) is 7.80. The van der Waals surface area contributed by atoms with Gasteiger partial charge in [-0.25, -0.2) is 9.59 Å². The average Bonchev–Trinajstić information content (AvgIpc) is 2.96. The molecule has 0 fully saturated rings. The number of esters is 1. The highest BCUT2D eigenvalue weighted by Crippen LogP contribution is 2.31. The number of carboxylic acids is 1. The topological polar surface area (TPSA) is 70.1 Å². The van der Waals surface area contributed by atoms with Crippen molar-refractivity contribution in [2.45, 2.75) is 19.7 Å². The second-order valence-corrected chi connectivity index (χ2v) is 15.9. The Balaban J connectivity index is 1.79. The van der Waals surface area contributed by atoms with Crippen molar-refractivity contribution < 1.29 is 19.4 Å². The molecule has 4 aromatic carbocycles. The molecule has 1 aliphatic rings. The first-order valence-electron chi connectivity index (χ1n) is 13.9. The molecule has 0 unspecified atom stereocenters. The summed E-state index contributed by atoms with van der Waals surface area (Å²) in [6.45, 7) is 4.75. The first-order chi connectivity index (χ1) is 20.0. The molecule has 0 atom stereocenters. The molecule has 214 valence electrons. The molecule has 42 heavy (non-hydrogen) atoms. The van der Waals surface area contributed by atoms with Gasteiger partial charge in [0.1, 0.15) is 14.7 Å². The monoisotopic (exact) mass is 576 g/mol. The van der Waals surface area contributed by atoms with E-state index >= 15 is 0 Å². The molecule has 6 nitrogen and oxygen atoms in total. The van der Waals surface area contributed by atoms with Gasteiger partial charge >= 0.3 is 11.9 Å². The van der Waals surface area contributed by atoms with E-state index in [1.54, 1.807) is 12.1 Å².